The average Bonchev–Trinajstić information content (AvgIpc) is 3.30. The lowest BCUT2D eigenvalue weighted by Crippen LogP contribution is -2.44. The zero-order valence-corrected chi connectivity index (χ0v) is 15.0. The van der Waals surface area contributed by atoms with Crippen molar-refractivity contribution >= 4 is 18.3 Å². The summed E-state index contributed by atoms with van der Waals surface area (Å²) < 4.78 is 2.33. The molecule has 1 saturated heterocycles. The summed E-state index contributed by atoms with van der Waals surface area (Å²) in [5.41, 5.74) is 3.19. The van der Waals surface area contributed by atoms with Crippen LogP contribution in [-0.2, 0) is 0 Å². The molecule has 0 aromatic carbocycles. The quantitative estimate of drug-likeness (QED) is 0.777. The maximum Gasteiger partial charge on any atom is 0.253 e. The van der Waals surface area contributed by atoms with E-state index in [4.69, 9.17) is 0 Å². The van der Waals surface area contributed by atoms with Crippen LogP contribution in [0.2, 0.25) is 0 Å². The fourth-order valence-electron chi connectivity index (χ4n) is 3.44. The number of halogens is 1. The van der Waals surface area contributed by atoms with Gasteiger partial charge in [-0.2, -0.15) is 0 Å². The van der Waals surface area contributed by atoms with E-state index in [1.807, 2.05) is 6.07 Å². The van der Waals surface area contributed by atoms with Gasteiger partial charge in [-0.05, 0) is 45.7 Å². The van der Waals surface area contributed by atoms with Crippen LogP contribution in [0.5, 0.6) is 0 Å². The van der Waals surface area contributed by atoms with E-state index in [-0.39, 0.29) is 18.3 Å². The zero-order valence-electron chi connectivity index (χ0n) is 14.2. The smallest absolute Gasteiger partial charge is 0.253 e. The SMILES string of the molecule is Cc1cc(C(=O)NCCCN2CCNCC2)c(C)n1C1CC1.Cl. The number of carbonyl (C=O) groups excluding carboxylic acids is 1. The van der Waals surface area contributed by atoms with Crippen LogP contribution in [0.1, 0.15) is 47.1 Å². The van der Waals surface area contributed by atoms with E-state index in [9.17, 15) is 4.79 Å². The molecule has 1 aromatic rings. The monoisotopic (exact) mass is 340 g/mol. The van der Waals surface area contributed by atoms with E-state index >= 15 is 0 Å². The Bertz CT molecular complexity index is 533. The highest BCUT2D eigenvalue weighted by atomic mass is 35.5. The number of nitrogens with zero attached hydrogens (tertiary/aromatic N) is 2. The van der Waals surface area contributed by atoms with Gasteiger partial charge in [-0.1, -0.05) is 0 Å². The lowest BCUT2D eigenvalue weighted by molar-refractivity contribution is 0.0950. The van der Waals surface area contributed by atoms with Crippen molar-refractivity contribution in [1.29, 1.82) is 0 Å². The highest BCUT2D eigenvalue weighted by molar-refractivity contribution is 5.95. The molecule has 1 saturated carbocycles. The van der Waals surface area contributed by atoms with Gasteiger partial charge in [0, 0.05) is 50.2 Å². The van der Waals surface area contributed by atoms with Crippen LogP contribution in [0.3, 0.4) is 0 Å². The van der Waals surface area contributed by atoms with Gasteiger partial charge in [0.2, 0.25) is 0 Å². The second-order valence-electron chi connectivity index (χ2n) is 6.59. The minimum absolute atomic E-state index is 0. The second kappa shape index (κ2) is 8.18. The molecule has 2 heterocycles. The van der Waals surface area contributed by atoms with E-state index in [1.165, 1.54) is 18.5 Å². The lowest BCUT2D eigenvalue weighted by atomic mass is 10.2. The first kappa shape index (κ1) is 18.3. The molecule has 2 N–H and O–H groups in total. The molecule has 2 fully saturated rings. The van der Waals surface area contributed by atoms with E-state index in [2.05, 4.69) is 33.9 Å². The highest BCUT2D eigenvalue weighted by Gasteiger charge is 2.28. The van der Waals surface area contributed by atoms with Crippen LogP contribution in [0.4, 0.5) is 0 Å². The Balaban J connectivity index is 0.00000192. The number of hydrogen-bond acceptors (Lipinski definition) is 3. The van der Waals surface area contributed by atoms with Crippen molar-refractivity contribution in [3.8, 4) is 0 Å². The molecule has 1 aliphatic heterocycles. The molecule has 130 valence electrons. The summed E-state index contributed by atoms with van der Waals surface area (Å²) >= 11 is 0. The van der Waals surface area contributed by atoms with Crippen LogP contribution < -0.4 is 10.6 Å². The molecule has 1 aromatic heterocycles. The van der Waals surface area contributed by atoms with Crippen molar-refractivity contribution in [2.24, 2.45) is 0 Å². The Kier molecular flexibility index (Phi) is 6.50. The van der Waals surface area contributed by atoms with Gasteiger partial charge in [-0.25, -0.2) is 0 Å². The van der Waals surface area contributed by atoms with Crippen LogP contribution >= 0.6 is 12.4 Å². The fourth-order valence-corrected chi connectivity index (χ4v) is 3.44. The maximum atomic E-state index is 12.4. The standard InChI is InChI=1S/C17H28N4O.ClH/c1-13-12-16(14(2)21(13)15-4-5-15)17(22)19-6-3-9-20-10-7-18-8-11-20;/h12,15,18H,3-11H2,1-2H3,(H,19,22);1H. The molecule has 1 aliphatic carbocycles. The largest absolute Gasteiger partial charge is 0.352 e. The van der Waals surface area contributed by atoms with Crippen LogP contribution in [-0.4, -0.2) is 54.6 Å². The molecule has 2 aliphatic rings. The summed E-state index contributed by atoms with van der Waals surface area (Å²) in [6.07, 6.45) is 3.53. The number of rotatable bonds is 6. The molecule has 0 unspecified atom stereocenters. The minimum Gasteiger partial charge on any atom is -0.352 e. The maximum absolute atomic E-state index is 12.4. The topological polar surface area (TPSA) is 49.3 Å². The van der Waals surface area contributed by atoms with Gasteiger partial charge in [0.15, 0.2) is 0 Å². The molecule has 0 radical (unpaired) electrons. The second-order valence-corrected chi connectivity index (χ2v) is 6.59. The number of hydrogen-bond donors (Lipinski definition) is 2. The van der Waals surface area contributed by atoms with Crippen molar-refractivity contribution in [1.82, 2.24) is 20.1 Å². The van der Waals surface area contributed by atoms with Gasteiger partial charge in [0.05, 0.1) is 5.56 Å². The van der Waals surface area contributed by atoms with Crippen LogP contribution in [0.15, 0.2) is 6.07 Å². The van der Waals surface area contributed by atoms with E-state index < -0.39 is 0 Å². The first-order chi connectivity index (χ1) is 10.7. The fraction of sp³-hybridized carbons (Fsp3) is 0.706. The lowest BCUT2D eigenvalue weighted by Gasteiger charge is -2.27. The minimum atomic E-state index is 0. The summed E-state index contributed by atoms with van der Waals surface area (Å²) in [5.74, 6) is 0.0836. The van der Waals surface area contributed by atoms with Gasteiger partial charge in [0.1, 0.15) is 0 Å². The highest BCUT2D eigenvalue weighted by Crippen LogP contribution is 2.38. The molecule has 3 rings (SSSR count). The summed E-state index contributed by atoms with van der Waals surface area (Å²) in [6.45, 7) is 10.4. The normalized spacial score (nSPS) is 18.5. The van der Waals surface area contributed by atoms with E-state index in [1.54, 1.807) is 0 Å². The van der Waals surface area contributed by atoms with Crippen molar-refractivity contribution in [3.63, 3.8) is 0 Å². The first-order valence-electron chi connectivity index (χ1n) is 8.56. The predicted octanol–water partition coefficient (Wildman–Crippen LogP) is 1.89. The van der Waals surface area contributed by atoms with Crippen molar-refractivity contribution in [2.75, 3.05) is 39.3 Å². The van der Waals surface area contributed by atoms with Gasteiger partial charge in [-0.3, -0.25) is 4.79 Å². The van der Waals surface area contributed by atoms with Gasteiger partial charge in [-0.15, -0.1) is 12.4 Å². The molecule has 5 nitrogen and oxygen atoms in total. The van der Waals surface area contributed by atoms with Crippen molar-refractivity contribution in [3.05, 3.63) is 23.0 Å². The Morgan fingerprint density at radius 1 is 1.30 bits per heavy atom. The van der Waals surface area contributed by atoms with Crippen molar-refractivity contribution in [2.45, 2.75) is 39.2 Å². The molecule has 0 bridgehead atoms. The third-order valence-corrected chi connectivity index (χ3v) is 4.79. The number of aryl methyl sites for hydroxylation is 1. The van der Waals surface area contributed by atoms with Crippen molar-refractivity contribution < 1.29 is 4.79 Å². The molecule has 6 heteroatoms. The molecule has 1 amide bonds. The number of carbonyl (C=O) groups is 1. The van der Waals surface area contributed by atoms with Crippen LogP contribution in [0, 0.1) is 13.8 Å². The van der Waals surface area contributed by atoms with E-state index in [0.29, 0.717) is 6.04 Å². The number of aromatic nitrogens is 1. The third-order valence-electron chi connectivity index (χ3n) is 4.79. The average molecular weight is 341 g/mol. The number of nitrogens with one attached hydrogen (secondary N) is 2. The van der Waals surface area contributed by atoms with Gasteiger partial charge in [0.25, 0.3) is 5.91 Å². The Morgan fingerprint density at radius 3 is 2.65 bits per heavy atom. The number of amides is 1. The predicted molar refractivity (Wildman–Crippen MR) is 95.7 cm³/mol. The van der Waals surface area contributed by atoms with E-state index in [0.717, 1.165) is 56.9 Å². The van der Waals surface area contributed by atoms with Gasteiger partial charge < -0.3 is 20.1 Å². The molecule has 0 spiro atoms. The summed E-state index contributed by atoms with van der Waals surface area (Å²) in [5, 5.41) is 6.44. The van der Waals surface area contributed by atoms with Crippen LogP contribution in [0.25, 0.3) is 0 Å². The Hall–Kier alpha value is -1.04. The van der Waals surface area contributed by atoms with Gasteiger partial charge >= 0.3 is 0 Å². The molecular weight excluding hydrogens is 312 g/mol. The Morgan fingerprint density at radius 2 is 2.00 bits per heavy atom. The zero-order chi connectivity index (χ0) is 15.5. The number of piperazine rings is 1. The first-order valence-corrected chi connectivity index (χ1v) is 8.56. The molecule has 23 heavy (non-hydrogen) atoms. The third kappa shape index (κ3) is 4.49. The molecule has 0 atom stereocenters. The summed E-state index contributed by atoms with van der Waals surface area (Å²) in [6, 6.07) is 2.67. The summed E-state index contributed by atoms with van der Waals surface area (Å²) in [7, 11) is 0. The summed E-state index contributed by atoms with van der Waals surface area (Å²) in [4.78, 5) is 14.8. The molecular formula is C17H29ClN4O. The Labute approximate surface area is 145 Å².